The smallest absolute Gasteiger partial charge is 0.167 e. The molecule has 4 nitrogen and oxygen atoms in total. The predicted octanol–water partition coefficient (Wildman–Crippen LogP) is 2.14. The van der Waals surface area contributed by atoms with Crippen molar-refractivity contribution < 1.29 is 19.0 Å². The first-order chi connectivity index (χ1) is 8.41. The third kappa shape index (κ3) is 2.37. The van der Waals surface area contributed by atoms with E-state index in [1.165, 1.54) is 6.92 Å². The molecular formula is C14H22O4. The van der Waals surface area contributed by atoms with Crippen LogP contribution in [0.2, 0.25) is 0 Å². The molecule has 0 unspecified atom stereocenters. The molecule has 2 aliphatic heterocycles. The first kappa shape index (κ1) is 13.7. The number of Topliss-reactive ketones (excluding diaryl/α,β-unsaturated/α-hetero) is 1. The molecule has 2 aliphatic rings. The molecule has 0 N–H and O–H groups in total. The van der Waals surface area contributed by atoms with Crippen molar-refractivity contribution in [3.8, 4) is 0 Å². The summed E-state index contributed by atoms with van der Waals surface area (Å²) in [5.41, 5.74) is 0.539. The number of rotatable bonds is 3. The lowest BCUT2D eigenvalue weighted by Crippen LogP contribution is -2.47. The number of carbonyl (C=O) groups is 1. The monoisotopic (exact) mass is 254 g/mol. The summed E-state index contributed by atoms with van der Waals surface area (Å²) in [4.78, 5) is 11.3. The summed E-state index contributed by atoms with van der Waals surface area (Å²) in [5, 5.41) is 0. The Bertz CT molecular complexity index is 352. The van der Waals surface area contributed by atoms with Crippen LogP contribution in [0.3, 0.4) is 0 Å². The molecule has 0 radical (unpaired) electrons. The lowest BCUT2D eigenvalue weighted by Gasteiger charge is -2.40. The molecule has 0 aliphatic carbocycles. The van der Waals surface area contributed by atoms with E-state index in [2.05, 4.69) is 13.5 Å². The molecule has 4 heteroatoms. The molecule has 0 aromatic carbocycles. The molecule has 0 aromatic heterocycles. The second-order valence-corrected chi connectivity index (χ2v) is 5.47. The van der Waals surface area contributed by atoms with E-state index < -0.39 is 6.29 Å². The van der Waals surface area contributed by atoms with E-state index in [-0.39, 0.29) is 30.0 Å². The SMILES string of the molecule is C=C(C(C)=O)[C@@H](C)[C@@H]1O[C@@H]2OC[C@H](C)[C@@H]2[C@H](C)O1. The van der Waals surface area contributed by atoms with Crippen LogP contribution in [0.5, 0.6) is 0 Å². The normalized spacial score (nSPS) is 41.2. The molecule has 2 fully saturated rings. The largest absolute Gasteiger partial charge is 0.352 e. The lowest BCUT2D eigenvalue weighted by atomic mass is 9.90. The van der Waals surface area contributed by atoms with Gasteiger partial charge in [0.1, 0.15) is 0 Å². The highest BCUT2D eigenvalue weighted by Gasteiger charge is 2.46. The second kappa shape index (κ2) is 5.11. The van der Waals surface area contributed by atoms with Gasteiger partial charge in [-0.05, 0) is 25.3 Å². The zero-order valence-corrected chi connectivity index (χ0v) is 11.5. The molecule has 2 rings (SSSR count). The van der Waals surface area contributed by atoms with E-state index in [1.807, 2.05) is 13.8 Å². The van der Waals surface area contributed by atoms with Crippen LogP contribution in [0, 0.1) is 17.8 Å². The van der Waals surface area contributed by atoms with Gasteiger partial charge >= 0.3 is 0 Å². The number of ether oxygens (including phenoxy) is 3. The fourth-order valence-corrected chi connectivity index (χ4v) is 2.74. The van der Waals surface area contributed by atoms with E-state index in [0.717, 1.165) is 0 Å². The molecule has 0 amide bonds. The van der Waals surface area contributed by atoms with Crippen LogP contribution in [0.1, 0.15) is 27.7 Å². The van der Waals surface area contributed by atoms with Crippen molar-refractivity contribution in [3.63, 3.8) is 0 Å². The van der Waals surface area contributed by atoms with Crippen molar-refractivity contribution in [1.29, 1.82) is 0 Å². The standard InChI is InChI=1S/C14H22O4/c1-7-6-16-14-12(7)11(5)17-13(18-14)9(3)8(2)10(4)15/h7,9,11-14H,2,6H2,1,3-5H3/t7-,9+,11-,12+,13-,14-/m0/s1. The summed E-state index contributed by atoms with van der Waals surface area (Å²) in [6, 6.07) is 0. The first-order valence-electron chi connectivity index (χ1n) is 6.54. The number of carbonyl (C=O) groups excluding carboxylic acids is 1. The average molecular weight is 254 g/mol. The van der Waals surface area contributed by atoms with E-state index >= 15 is 0 Å². The molecule has 2 saturated heterocycles. The molecule has 2 heterocycles. The fourth-order valence-electron chi connectivity index (χ4n) is 2.74. The molecule has 0 spiro atoms. The second-order valence-electron chi connectivity index (χ2n) is 5.47. The van der Waals surface area contributed by atoms with Crippen molar-refractivity contribution in [1.82, 2.24) is 0 Å². The lowest BCUT2D eigenvalue weighted by molar-refractivity contribution is -0.318. The van der Waals surface area contributed by atoms with Gasteiger partial charge in [0.25, 0.3) is 0 Å². The Kier molecular flexibility index (Phi) is 3.90. The van der Waals surface area contributed by atoms with Gasteiger partial charge in [-0.3, -0.25) is 4.79 Å². The predicted molar refractivity (Wildman–Crippen MR) is 66.8 cm³/mol. The van der Waals surface area contributed by atoms with Crippen LogP contribution in [0.15, 0.2) is 12.2 Å². The number of hydrogen-bond donors (Lipinski definition) is 0. The molecule has 0 aromatic rings. The van der Waals surface area contributed by atoms with Crippen molar-refractivity contribution in [2.75, 3.05) is 6.61 Å². The summed E-state index contributed by atoms with van der Waals surface area (Å²) >= 11 is 0. The van der Waals surface area contributed by atoms with Gasteiger partial charge in [-0.1, -0.05) is 20.4 Å². The van der Waals surface area contributed by atoms with Crippen molar-refractivity contribution in [2.45, 2.75) is 46.4 Å². The summed E-state index contributed by atoms with van der Waals surface area (Å²) < 4.78 is 17.4. The Morgan fingerprint density at radius 2 is 2.00 bits per heavy atom. The van der Waals surface area contributed by atoms with Crippen LogP contribution in [0.4, 0.5) is 0 Å². The highest BCUT2D eigenvalue weighted by Crippen LogP contribution is 2.39. The summed E-state index contributed by atoms with van der Waals surface area (Å²) in [6.45, 7) is 12.1. The Morgan fingerprint density at radius 3 is 2.61 bits per heavy atom. The third-order valence-corrected chi connectivity index (χ3v) is 4.06. The molecule has 6 atom stereocenters. The van der Waals surface area contributed by atoms with Gasteiger partial charge < -0.3 is 14.2 Å². The highest BCUT2D eigenvalue weighted by molar-refractivity contribution is 5.93. The molecule has 0 saturated carbocycles. The Labute approximate surface area is 108 Å². The van der Waals surface area contributed by atoms with Crippen molar-refractivity contribution >= 4 is 5.78 Å². The number of ketones is 1. The molecule has 0 bridgehead atoms. The van der Waals surface area contributed by atoms with E-state index in [0.29, 0.717) is 18.1 Å². The van der Waals surface area contributed by atoms with Crippen molar-refractivity contribution in [3.05, 3.63) is 12.2 Å². The third-order valence-electron chi connectivity index (χ3n) is 4.06. The maximum absolute atomic E-state index is 11.3. The summed E-state index contributed by atoms with van der Waals surface area (Å²) in [7, 11) is 0. The average Bonchev–Trinajstić information content (AvgIpc) is 2.69. The van der Waals surface area contributed by atoms with Crippen LogP contribution in [-0.2, 0) is 19.0 Å². The Hall–Kier alpha value is -0.710. The van der Waals surface area contributed by atoms with E-state index in [1.54, 1.807) is 0 Å². The van der Waals surface area contributed by atoms with Gasteiger partial charge in [-0.25, -0.2) is 0 Å². The number of hydrogen-bond acceptors (Lipinski definition) is 4. The molecular weight excluding hydrogens is 232 g/mol. The van der Waals surface area contributed by atoms with Crippen LogP contribution < -0.4 is 0 Å². The van der Waals surface area contributed by atoms with Crippen LogP contribution in [-0.4, -0.2) is 31.1 Å². The first-order valence-corrected chi connectivity index (χ1v) is 6.54. The summed E-state index contributed by atoms with van der Waals surface area (Å²) in [5.74, 6) is 0.548. The fraction of sp³-hybridized carbons (Fsp3) is 0.786. The van der Waals surface area contributed by atoms with E-state index in [4.69, 9.17) is 14.2 Å². The minimum absolute atomic E-state index is 0.0230. The Balaban J connectivity index is 2.05. The molecule has 18 heavy (non-hydrogen) atoms. The van der Waals surface area contributed by atoms with Crippen LogP contribution in [0.25, 0.3) is 0 Å². The van der Waals surface area contributed by atoms with Gasteiger partial charge in [-0.15, -0.1) is 0 Å². The zero-order chi connectivity index (χ0) is 13.4. The van der Waals surface area contributed by atoms with Gasteiger partial charge in [0, 0.05) is 11.8 Å². The summed E-state index contributed by atoms with van der Waals surface area (Å²) in [6.07, 6.45) is -0.577. The number of fused-ring (bicyclic) bond motifs is 1. The van der Waals surface area contributed by atoms with Crippen LogP contribution >= 0.6 is 0 Å². The minimum atomic E-state index is -0.442. The minimum Gasteiger partial charge on any atom is -0.352 e. The van der Waals surface area contributed by atoms with Gasteiger partial charge in [0.2, 0.25) is 0 Å². The molecule has 102 valence electrons. The Morgan fingerprint density at radius 1 is 1.33 bits per heavy atom. The maximum Gasteiger partial charge on any atom is 0.167 e. The van der Waals surface area contributed by atoms with Gasteiger partial charge in [0.05, 0.1) is 12.7 Å². The highest BCUT2D eigenvalue weighted by atomic mass is 16.8. The van der Waals surface area contributed by atoms with Gasteiger partial charge in [-0.2, -0.15) is 0 Å². The van der Waals surface area contributed by atoms with Gasteiger partial charge in [0.15, 0.2) is 18.4 Å². The van der Waals surface area contributed by atoms with E-state index in [9.17, 15) is 4.79 Å². The van der Waals surface area contributed by atoms with Crippen molar-refractivity contribution in [2.24, 2.45) is 17.8 Å². The quantitative estimate of drug-likeness (QED) is 0.724. The zero-order valence-electron chi connectivity index (χ0n) is 11.5. The maximum atomic E-state index is 11.3. The topological polar surface area (TPSA) is 44.8 Å².